The average Bonchev–Trinajstić information content (AvgIpc) is 2.97. The molecule has 4 nitrogen and oxygen atoms in total. The van der Waals surface area contributed by atoms with Crippen molar-refractivity contribution >= 4 is 5.97 Å². The maximum atomic E-state index is 10.5. The van der Waals surface area contributed by atoms with Gasteiger partial charge in [-0.25, -0.2) is 4.79 Å². The molecule has 41 heavy (non-hydrogen) atoms. The highest BCUT2D eigenvalue weighted by molar-refractivity contribution is 5.81. The van der Waals surface area contributed by atoms with Crippen molar-refractivity contribution in [3.63, 3.8) is 0 Å². The van der Waals surface area contributed by atoms with Crippen molar-refractivity contribution < 1.29 is 19.0 Å². The van der Waals surface area contributed by atoms with Gasteiger partial charge in [-0.3, -0.25) is 0 Å². The number of rotatable bonds is 31. The number of ether oxygens (including phenoxy) is 3. The second-order valence-electron chi connectivity index (χ2n) is 11.4. The standard InChI is InChI=1S/C28H54.C9H16O4/c1-5-6-7-8-9-10-11-12-13-14-15-16-17-18-19-20-21-22-23-24-25-26-28(4)27(2)3;1-3-9(10)13-8-7-12-6-5-11-4-2/h2,4-26H2,1,3H3;3H,1,4-8H2,2H3. The summed E-state index contributed by atoms with van der Waals surface area (Å²) in [5.41, 5.74) is 2.41. The third-order valence-electron chi connectivity index (χ3n) is 7.40. The van der Waals surface area contributed by atoms with Crippen LogP contribution in [-0.2, 0) is 19.0 Å². The second kappa shape index (κ2) is 36.6. The summed E-state index contributed by atoms with van der Waals surface area (Å²) in [5.74, 6) is -0.423. The molecule has 0 aliphatic rings. The van der Waals surface area contributed by atoms with Crippen LogP contribution in [0.1, 0.15) is 162 Å². The Bertz CT molecular complexity index is 583. The van der Waals surface area contributed by atoms with Crippen molar-refractivity contribution in [1.82, 2.24) is 0 Å². The molecule has 0 bridgehead atoms. The van der Waals surface area contributed by atoms with Crippen LogP contribution in [0.3, 0.4) is 0 Å². The summed E-state index contributed by atoms with van der Waals surface area (Å²) in [5, 5.41) is 0. The normalized spacial score (nSPS) is 10.6. The van der Waals surface area contributed by atoms with E-state index in [1.165, 1.54) is 140 Å². The zero-order valence-corrected chi connectivity index (χ0v) is 27.9. The predicted molar refractivity (Wildman–Crippen MR) is 180 cm³/mol. The summed E-state index contributed by atoms with van der Waals surface area (Å²) < 4.78 is 14.8. The van der Waals surface area contributed by atoms with Gasteiger partial charge in [0.25, 0.3) is 0 Å². The molecule has 0 rings (SSSR count). The van der Waals surface area contributed by atoms with Gasteiger partial charge in [-0.1, -0.05) is 166 Å². The van der Waals surface area contributed by atoms with E-state index in [1.807, 2.05) is 6.92 Å². The lowest BCUT2D eigenvalue weighted by Crippen LogP contribution is -2.11. The number of carbonyl (C=O) groups excluding carboxylic acids is 1. The van der Waals surface area contributed by atoms with E-state index in [4.69, 9.17) is 9.47 Å². The molecule has 0 atom stereocenters. The number of allylic oxidation sites excluding steroid dienone is 2. The van der Waals surface area contributed by atoms with Crippen LogP contribution in [-0.4, -0.2) is 39.0 Å². The highest BCUT2D eigenvalue weighted by atomic mass is 16.6. The van der Waals surface area contributed by atoms with E-state index in [-0.39, 0.29) is 6.61 Å². The Hall–Kier alpha value is -1.39. The quantitative estimate of drug-likeness (QED) is 0.0355. The van der Waals surface area contributed by atoms with Crippen LogP contribution >= 0.6 is 0 Å². The maximum Gasteiger partial charge on any atom is 0.330 e. The Morgan fingerprint density at radius 2 is 0.927 bits per heavy atom. The van der Waals surface area contributed by atoms with Crippen molar-refractivity contribution in [2.24, 2.45) is 0 Å². The minimum Gasteiger partial charge on any atom is -0.460 e. The molecular weight excluding hydrogens is 508 g/mol. The summed E-state index contributed by atoms with van der Waals surface area (Å²) in [4.78, 5) is 10.5. The Balaban J connectivity index is 0. The molecule has 0 aliphatic heterocycles. The molecule has 0 saturated heterocycles. The minimum atomic E-state index is -0.423. The molecular formula is C37H70O4. The molecule has 242 valence electrons. The fraction of sp³-hybridized carbons (Fsp3) is 0.811. The van der Waals surface area contributed by atoms with E-state index in [0.29, 0.717) is 26.4 Å². The van der Waals surface area contributed by atoms with E-state index < -0.39 is 5.97 Å². The first kappa shape index (κ1) is 41.7. The highest BCUT2D eigenvalue weighted by Gasteiger charge is 1.98. The van der Waals surface area contributed by atoms with Gasteiger partial charge in [0.15, 0.2) is 0 Å². The van der Waals surface area contributed by atoms with Gasteiger partial charge in [-0.05, 0) is 26.7 Å². The number of esters is 1. The number of hydrogen-bond acceptors (Lipinski definition) is 4. The summed E-state index contributed by atoms with van der Waals surface area (Å²) in [7, 11) is 0. The maximum absolute atomic E-state index is 10.5. The molecule has 0 N–H and O–H groups in total. The smallest absolute Gasteiger partial charge is 0.330 e. The zero-order chi connectivity index (χ0) is 30.7. The van der Waals surface area contributed by atoms with Gasteiger partial charge in [0.1, 0.15) is 6.61 Å². The summed E-state index contributed by atoms with van der Waals surface area (Å²) in [6.45, 7) is 20.0. The predicted octanol–water partition coefficient (Wildman–Crippen LogP) is 11.5. The molecule has 4 heteroatoms. The van der Waals surface area contributed by atoms with Crippen LogP contribution in [0.15, 0.2) is 37.0 Å². The summed E-state index contributed by atoms with van der Waals surface area (Å²) in [6.07, 6.45) is 32.6. The van der Waals surface area contributed by atoms with Crippen molar-refractivity contribution in [3.8, 4) is 0 Å². The Morgan fingerprint density at radius 3 is 1.29 bits per heavy atom. The summed E-state index contributed by atoms with van der Waals surface area (Å²) in [6, 6.07) is 0. The first-order chi connectivity index (χ1) is 20.0. The highest BCUT2D eigenvalue weighted by Crippen LogP contribution is 2.17. The molecule has 0 aromatic heterocycles. The largest absolute Gasteiger partial charge is 0.460 e. The van der Waals surface area contributed by atoms with E-state index in [2.05, 4.69) is 38.3 Å². The van der Waals surface area contributed by atoms with Gasteiger partial charge in [0.2, 0.25) is 0 Å². The fourth-order valence-electron chi connectivity index (χ4n) is 4.61. The van der Waals surface area contributed by atoms with Gasteiger partial charge in [0, 0.05) is 12.7 Å². The van der Waals surface area contributed by atoms with Crippen LogP contribution in [0.25, 0.3) is 0 Å². The third kappa shape index (κ3) is 38.6. The van der Waals surface area contributed by atoms with Gasteiger partial charge in [-0.15, -0.1) is 0 Å². The first-order valence-electron chi connectivity index (χ1n) is 17.3. The third-order valence-corrected chi connectivity index (χ3v) is 7.40. The second-order valence-corrected chi connectivity index (χ2v) is 11.4. The van der Waals surface area contributed by atoms with Gasteiger partial charge in [-0.2, -0.15) is 0 Å². The van der Waals surface area contributed by atoms with Crippen molar-refractivity contribution in [1.29, 1.82) is 0 Å². The summed E-state index contributed by atoms with van der Waals surface area (Å²) >= 11 is 0. The molecule has 0 aliphatic carbocycles. The van der Waals surface area contributed by atoms with E-state index >= 15 is 0 Å². The Labute approximate surface area is 256 Å². The Kier molecular flexibility index (Phi) is 37.3. The van der Waals surface area contributed by atoms with Crippen LogP contribution in [0.2, 0.25) is 0 Å². The molecule has 0 amide bonds. The molecule has 0 aromatic rings. The molecule has 0 aromatic carbocycles. The van der Waals surface area contributed by atoms with Crippen LogP contribution < -0.4 is 0 Å². The SMILES string of the molecule is C=C(C)C(=C)CCCCCCCCCCCCCCCCCCCCCCC.C=CC(=O)OCCOCCOCC. The van der Waals surface area contributed by atoms with Crippen molar-refractivity contribution in [2.75, 3.05) is 33.0 Å². The van der Waals surface area contributed by atoms with Gasteiger partial charge < -0.3 is 14.2 Å². The van der Waals surface area contributed by atoms with Crippen molar-refractivity contribution in [2.45, 2.75) is 162 Å². The van der Waals surface area contributed by atoms with E-state index in [0.717, 1.165) is 18.1 Å². The van der Waals surface area contributed by atoms with E-state index in [9.17, 15) is 4.79 Å². The van der Waals surface area contributed by atoms with Crippen molar-refractivity contribution in [3.05, 3.63) is 37.0 Å². The van der Waals surface area contributed by atoms with Crippen LogP contribution in [0.5, 0.6) is 0 Å². The van der Waals surface area contributed by atoms with Gasteiger partial charge in [0.05, 0.1) is 19.8 Å². The lowest BCUT2D eigenvalue weighted by atomic mass is 10.0. The topological polar surface area (TPSA) is 44.8 Å². The lowest BCUT2D eigenvalue weighted by Gasteiger charge is -2.05. The van der Waals surface area contributed by atoms with E-state index in [1.54, 1.807) is 0 Å². The monoisotopic (exact) mass is 579 g/mol. The molecule has 0 unspecified atom stereocenters. The number of carbonyl (C=O) groups is 1. The molecule has 0 saturated carbocycles. The Morgan fingerprint density at radius 1 is 0.561 bits per heavy atom. The van der Waals surface area contributed by atoms with Crippen LogP contribution in [0.4, 0.5) is 0 Å². The van der Waals surface area contributed by atoms with Gasteiger partial charge >= 0.3 is 5.97 Å². The molecule has 0 spiro atoms. The molecule has 0 heterocycles. The average molecular weight is 579 g/mol. The minimum absolute atomic E-state index is 0.261. The first-order valence-corrected chi connectivity index (χ1v) is 17.3. The molecule has 0 radical (unpaired) electrons. The van der Waals surface area contributed by atoms with Crippen LogP contribution in [0, 0.1) is 0 Å². The molecule has 0 fully saturated rings. The lowest BCUT2D eigenvalue weighted by molar-refractivity contribution is -0.139. The number of hydrogen-bond donors (Lipinski definition) is 0. The number of unbranched alkanes of at least 4 members (excludes halogenated alkanes) is 20. The zero-order valence-electron chi connectivity index (χ0n) is 27.9. The fourth-order valence-corrected chi connectivity index (χ4v) is 4.61.